The van der Waals surface area contributed by atoms with Crippen molar-refractivity contribution in [3.8, 4) is 0 Å². The molecule has 0 spiro atoms. The van der Waals surface area contributed by atoms with E-state index >= 15 is 0 Å². The van der Waals surface area contributed by atoms with Gasteiger partial charge in [-0.25, -0.2) is 4.79 Å². The average Bonchev–Trinajstić information content (AvgIpc) is 2.90. The standard InChI is InChI=1S/C20H27N3O4S/c1-6-27-19(26)14-7-9-15(10-8-14)22-17(24)11-16-18(25)23(13(4)5)20(28-16)21-12(2)3/h7-10,12-13,16H,6,11H2,1-5H3,(H,22,24)/t16-/m0/s1. The molecule has 0 saturated carbocycles. The van der Waals surface area contributed by atoms with E-state index in [0.29, 0.717) is 23.0 Å². The van der Waals surface area contributed by atoms with E-state index in [0.717, 1.165) is 0 Å². The minimum atomic E-state index is -0.487. The van der Waals surface area contributed by atoms with Gasteiger partial charge in [-0.1, -0.05) is 11.8 Å². The summed E-state index contributed by atoms with van der Waals surface area (Å²) in [6, 6.07) is 6.52. The Hall–Kier alpha value is -2.35. The first-order chi connectivity index (χ1) is 13.2. The van der Waals surface area contributed by atoms with Crippen LogP contribution in [0.1, 0.15) is 51.4 Å². The van der Waals surface area contributed by atoms with Crippen LogP contribution >= 0.6 is 11.8 Å². The Morgan fingerprint density at radius 2 is 1.86 bits per heavy atom. The molecule has 7 nitrogen and oxygen atoms in total. The first kappa shape index (κ1) is 21.9. The van der Waals surface area contributed by atoms with Gasteiger partial charge in [0.1, 0.15) is 5.25 Å². The monoisotopic (exact) mass is 405 g/mol. The van der Waals surface area contributed by atoms with E-state index in [1.54, 1.807) is 36.1 Å². The van der Waals surface area contributed by atoms with Gasteiger partial charge >= 0.3 is 5.97 Å². The summed E-state index contributed by atoms with van der Waals surface area (Å²) in [7, 11) is 0. The number of thioether (sulfide) groups is 1. The summed E-state index contributed by atoms with van der Waals surface area (Å²) in [6.07, 6.45) is 0.0590. The number of nitrogens with zero attached hydrogens (tertiary/aromatic N) is 2. The van der Waals surface area contributed by atoms with Crippen LogP contribution in [0.15, 0.2) is 29.3 Å². The highest BCUT2D eigenvalue weighted by Gasteiger charge is 2.40. The number of nitrogens with one attached hydrogen (secondary N) is 1. The lowest BCUT2D eigenvalue weighted by molar-refractivity contribution is -0.129. The van der Waals surface area contributed by atoms with E-state index in [9.17, 15) is 14.4 Å². The van der Waals surface area contributed by atoms with E-state index in [1.165, 1.54) is 11.8 Å². The molecule has 1 saturated heterocycles. The van der Waals surface area contributed by atoms with Gasteiger partial charge < -0.3 is 10.1 Å². The number of benzene rings is 1. The summed E-state index contributed by atoms with van der Waals surface area (Å²) < 4.78 is 4.93. The largest absolute Gasteiger partial charge is 0.462 e. The number of hydrogen-bond acceptors (Lipinski definition) is 6. The molecule has 1 aliphatic rings. The molecule has 0 aromatic heterocycles. The molecular formula is C20H27N3O4S. The molecule has 1 aromatic rings. The second-order valence-electron chi connectivity index (χ2n) is 6.96. The van der Waals surface area contributed by atoms with Crippen LogP contribution in [0.2, 0.25) is 0 Å². The average molecular weight is 406 g/mol. The van der Waals surface area contributed by atoms with Crippen molar-refractivity contribution in [2.24, 2.45) is 4.99 Å². The number of anilines is 1. The van der Waals surface area contributed by atoms with Crippen molar-refractivity contribution in [3.63, 3.8) is 0 Å². The van der Waals surface area contributed by atoms with Crippen LogP contribution < -0.4 is 5.32 Å². The highest BCUT2D eigenvalue weighted by molar-refractivity contribution is 8.15. The van der Waals surface area contributed by atoms with Gasteiger partial charge in [0, 0.05) is 24.2 Å². The number of esters is 1. The second kappa shape index (κ2) is 9.73. The first-order valence-corrected chi connectivity index (χ1v) is 10.3. The minimum absolute atomic E-state index is 0.0130. The normalized spacial score (nSPS) is 18.2. The third-order valence-corrected chi connectivity index (χ3v) is 5.07. The molecule has 2 amide bonds. The number of rotatable bonds is 7. The van der Waals surface area contributed by atoms with Gasteiger partial charge in [0.25, 0.3) is 0 Å². The number of ether oxygens (including phenoxy) is 1. The van der Waals surface area contributed by atoms with E-state index in [-0.39, 0.29) is 30.3 Å². The predicted molar refractivity (Wildman–Crippen MR) is 112 cm³/mol. The molecule has 0 aliphatic carbocycles. The molecule has 1 aromatic carbocycles. The van der Waals surface area contributed by atoms with Gasteiger partial charge in [0.05, 0.1) is 12.2 Å². The lowest BCUT2D eigenvalue weighted by atomic mass is 10.2. The van der Waals surface area contributed by atoms with E-state index in [1.807, 2.05) is 27.7 Å². The number of aliphatic imine (C=N–C) groups is 1. The molecule has 1 aliphatic heterocycles. The summed E-state index contributed by atoms with van der Waals surface area (Å²) in [4.78, 5) is 43.0. The zero-order chi connectivity index (χ0) is 20.8. The second-order valence-corrected chi connectivity index (χ2v) is 8.13. The van der Waals surface area contributed by atoms with Crippen molar-refractivity contribution in [2.75, 3.05) is 11.9 Å². The Morgan fingerprint density at radius 1 is 1.21 bits per heavy atom. The van der Waals surface area contributed by atoms with Gasteiger partial charge in [-0.15, -0.1) is 0 Å². The number of carbonyl (C=O) groups excluding carboxylic acids is 3. The molecule has 152 valence electrons. The highest BCUT2D eigenvalue weighted by Crippen LogP contribution is 2.31. The van der Waals surface area contributed by atoms with Crippen LogP contribution in [-0.2, 0) is 14.3 Å². The van der Waals surface area contributed by atoms with Crippen LogP contribution in [0.25, 0.3) is 0 Å². The van der Waals surface area contributed by atoms with E-state index < -0.39 is 11.2 Å². The van der Waals surface area contributed by atoms with Crippen molar-refractivity contribution < 1.29 is 19.1 Å². The van der Waals surface area contributed by atoms with Crippen molar-refractivity contribution in [1.82, 2.24) is 4.90 Å². The number of amides is 2. The molecule has 2 rings (SSSR count). The summed E-state index contributed by atoms with van der Waals surface area (Å²) in [6.45, 7) is 9.82. The highest BCUT2D eigenvalue weighted by atomic mass is 32.2. The fourth-order valence-corrected chi connectivity index (χ4v) is 4.08. The molecule has 1 N–H and O–H groups in total. The molecular weight excluding hydrogens is 378 g/mol. The van der Waals surface area contributed by atoms with Gasteiger partial charge in [-0.2, -0.15) is 0 Å². The molecule has 28 heavy (non-hydrogen) atoms. The van der Waals surface area contributed by atoms with Crippen LogP contribution in [0.5, 0.6) is 0 Å². The Labute approximate surface area is 169 Å². The summed E-state index contributed by atoms with van der Waals surface area (Å²) in [5.74, 6) is -0.754. The van der Waals surface area contributed by atoms with Gasteiger partial charge in [-0.05, 0) is 58.9 Å². The van der Waals surface area contributed by atoms with Crippen molar-refractivity contribution >= 4 is 40.4 Å². The molecule has 8 heteroatoms. The van der Waals surface area contributed by atoms with Gasteiger partial charge in [0.2, 0.25) is 11.8 Å². The predicted octanol–water partition coefficient (Wildman–Crippen LogP) is 3.31. The lowest BCUT2D eigenvalue weighted by Gasteiger charge is -2.21. The summed E-state index contributed by atoms with van der Waals surface area (Å²) >= 11 is 1.34. The smallest absolute Gasteiger partial charge is 0.338 e. The van der Waals surface area contributed by atoms with E-state index in [4.69, 9.17) is 4.74 Å². The molecule has 1 heterocycles. The molecule has 1 atom stereocenters. The Bertz CT molecular complexity index is 759. The maximum absolute atomic E-state index is 12.7. The molecule has 0 unspecified atom stereocenters. The topological polar surface area (TPSA) is 88.1 Å². The fraction of sp³-hybridized carbons (Fsp3) is 0.500. The fourth-order valence-electron chi connectivity index (χ4n) is 2.69. The summed E-state index contributed by atoms with van der Waals surface area (Å²) in [5.41, 5.74) is 0.980. The SMILES string of the molecule is CCOC(=O)c1ccc(NC(=O)C[C@@H]2SC(=NC(C)C)N(C(C)C)C2=O)cc1. The third kappa shape index (κ3) is 5.58. The lowest BCUT2D eigenvalue weighted by Crippen LogP contribution is -2.38. The third-order valence-electron chi connectivity index (χ3n) is 3.90. The van der Waals surface area contributed by atoms with Crippen molar-refractivity contribution in [1.29, 1.82) is 0 Å². The Balaban J connectivity index is 2.01. The van der Waals surface area contributed by atoms with E-state index in [2.05, 4.69) is 10.3 Å². The zero-order valence-corrected chi connectivity index (χ0v) is 17.7. The van der Waals surface area contributed by atoms with Crippen LogP contribution in [0.3, 0.4) is 0 Å². The van der Waals surface area contributed by atoms with Crippen LogP contribution in [0, 0.1) is 0 Å². The van der Waals surface area contributed by atoms with Crippen molar-refractivity contribution in [2.45, 2.75) is 58.4 Å². The quantitative estimate of drug-likeness (QED) is 0.703. The molecule has 0 bridgehead atoms. The summed E-state index contributed by atoms with van der Waals surface area (Å²) in [5, 5.41) is 2.96. The Kier molecular flexibility index (Phi) is 7.62. The maximum atomic E-state index is 12.7. The minimum Gasteiger partial charge on any atom is -0.462 e. The van der Waals surface area contributed by atoms with Gasteiger partial charge in [0.15, 0.2) is 5.17 Å². The number of hydrogen-bond donors (Lipinski definition) is 1. The van der Waals surface area contributed by atoms with Crippen LogP contribution in [0.4, 0.5) is 5.69 Å². The van der Waals surface area contributed by atoms with Gasteiger partial charge in [-0.3, -0.25) is 19.5 Å². The van der Waals surface area contributed by atoms with Crippen molar-refractivity contribution in [3.05, 3.63) is 29.8 Å². The zero-order valence-electron chi connectivity index (χ0n) is 16.9. The first-order valence-electron chi connectivity index (χ1n) is 9.37. The Morgan fingerprint density at radius 3 is 2.39 bits per heavy atom. The maximum Gasteiger partial charge on any atom is 0.338 e. The number of amidine groups is 1. The number of carbonyl (C=O) groups is 3. The molecule has 0 radical (unpaired) electrons. The molecule has 1 fully saturated rings. The van der Waals surface area contributed by atoms with Crippen LogP contribution in [-0.4, -0.2) is 51.8 Å².